The van der Waals surface area contributed by atoms with Crippen LogP contribution < -0.4 is 5.63 Å². The van der Waals surface area contributed by atoms with Gasteiger partial charge in [-0.1, -0.05) is 11.6 Å². The SMILES string of the molecule is O=C(O[C@@H]1C[C@H]2CC[C@@H]1C2)c1cc2cc(Cl)ccc2oc1=O. The average Bonchev–Trinajstić information content (AvgIpc) is 3.09. The molecule has 2 aromatic rings. The number of ether oxygens (including phenoxy) is 1. The van der Waals surface area contributed by atoms with Crippen LogP contribution in [0.2, 0.25) is 5.02 Å². The van der Waals surface area contributed by atoms with Crippen LogP contribution in [-0.2, 0) is 4.74 Å². The van der Waals surface area contributed by atoms with E-state index < -0.39 is 11.6 Å². The lowest BCUT2D eigenvalue weighted by Gasteiger charge is -2.21. The topological polar surface area (TPSA) is 56.5 Å². The molecule has 1 heterocycles. The van der Waals surface area contributed by atoms with Crippen molar-refractivity contribution in [1.29, 1.82) is 0 Å². The van der Waals surface area contributed by atoms with Crippen LogP contribution in [-0.4, -0.2) is 12.1 Å². The van der Waals surface area contributed by atoms with Crippen molar-refractivity contribution in [2.75, 3.05) is 0 Å². The summed E-state index contributed by atoms with van der Waals surface area (Å²) in [4.78, 5) is 24.3. The van der Waals surface area contributed by atoms with Crippen LogP contribution in [0, 0.1) is 11.8 Å². The Morgan fingerprint density at radius 3 is 2.82 bits per heavy atom. The number of fused-ring (bicyclic) bond motifs is 3. The second-order valence-corrected chi connectivity index (χ2v) is 6.68. The normalized spacial score (nSPS) is 26.5. The molecule has 0 unspecified atom stereocenters. The van der Waals surface area contributed by atoms with Crippen LogP contribution in [0.5, 0.6) is 0 Å². The highest BCUT2D eigenvalue weighted by Gasteiger charge is 2.42. The quantitative estimate of drug-likeness (QED) is 0.624. The number of halogens is 1. The summed E-state index contributed by atoms with van der Waals surface area (Å²) in [5, 5.41) is 1.14. The Kier molecular flexibility index (Phi) is 3.22. The van der Waals surface area contributed by atoms with Crippen molar-refractivity contribution in [1.82, 2.24) is 0 Å². The van der Waals surface area contributed by atoms with Gasteiger partial charge in [0.2, 0.25) is 0 Å². The van der Waals surface area contributed by atoms with Gasteiger partial charge in [0.05, 0.1) is 0 Å². The summed E-state index contributed by atoms with van der Waals surface area (Å²) in [5.74, 6) is 0.540. The molecular formula is C17H15ClO4. The fourth-order valence-corrected chi connectivity index (χ4v) is 3.95. The fourth-order valence-electron chi connectivity index (χ4n) is 3.77. The maximum absolute atomic E-state index is 12.3. The molecule has 0 spiro atoms. The Balaban J connectivity index is 1.63. The van der Waals surface area contributed by atoms with Crippen molar-refractivity contribution in [2.24, 2.45) is 11.8 Å². The van der Waals surface area contributed by atoms with E-state index in [4.69, 9.17) is 20.8 Å². The fraction of sp³-hybridized carbons (Fsp3) is 0.412. The van der Waals surface area contributed by atoms with Crippen molar-refractivity contribution in [2.45, 2.75) is 31.8 Å². The van der Waals surface area contributed by atoms with Gasteiger partial charge in [0.25, 0.3) is 0 Å². The number of esters is 1. The molecule has 3 atom stereocenters. The first-order chi connectivity index (χ1) is 10.6. The molecule has 0 amide bonds. The van der Waals surface area contributed by atoms with Gasteiger partial charge in [-0.25, -0.2) is 9.59 Å². The van der Waals surface area contributed by atoms with Gasteiger partial charge < -0.3 is 9.15 Å². The number of carbonyl (C=O) groups is 1. The first-order valence-corrected chi connectivity index (χ1v) is 7.92. The molecule has 2 bridgehead atoms. The molecule has 1 aromatic heterocycles. The molecule has 2 aliphatic carbocycles. The van der Waals surface area contributed by atoms with E-state index in [1.54, 1.807) is 18.2 Å². The predicted octanol–water partition coefficient (Wildman–Crippen LogP) is 3.79. The Bertz CT molecular complexity index is 810. The van der Waals surface area contributed by atoms with E-state index >= 15 is 0 Å². The summed E-state index contributed by atoms with van der Waals surface area (Å²) >= 11 is 5.93. The van der Waals surface area contributed by atoms with Gasteiger partial charge in [-0.3, -0.25) is 0 Å². The van der Waals surface area contributed by atoms with Crippen LogP contribution in [0.15, 0.2) is 33.5 Å². The molecule has 5 heteroatoms. The Morgan fingerprint density at radius 1 is 1.23 bits per heavy atom. The number of rotatable bonds is 2. The molecule has 2 saturated carbocycles. The molecule has 2 fully saturated rings. The van der Waals surface area contributed by atoms with Gasteiger partial charge in [0.15, 0.2) is 0 Å². The Morgan fingerprint density at radius 2 is 2.09 bits per heavy atom. The van der Waals surface area contributed by atoms with Crippen molar-refractivity contribution in [3.05, 3.63) is 45.3 Å². The van der Waals surface area contributed by atoms with E-state index in [-0.39, 0.29) is 11.7 Å². The molecule has 4 rings (SSSR count). The first-order valence-electron chi connectivity index (χ1n) is 7.54. The van der Waals surface area contributed by atoms with Gasteiger partial charge in [-0.2, -0.15) is 0 Å². The molecule has 4 nitrogen and oxygen atoms in total. The van der Waals surface area contributed by atoms with E-state index in [1.807, 2.05) is 0 Å². The zero-order valence-electron chi connectivity index (χ0n) is 11.9. The number of hydrogen-bond acceptors (Lipinski definition) is 4. The summed E-state index contributed by atoms with van der Waals surface area (Å²) in [6, 6.07) is 6.42. The van der Waals surface area contributed by atoms with Crippen LogP contribution in [0.1, 0.15) is 36.0 Å². The van der Waals surface area contributed by atoms with Crippen LogP contribution in [0.3, 0.4) is 0 Å². The van der Waals surface area contributed by atoms with E-state index in [0.717, 1.165) is 19.3 Å². The summed E-state index contributed by atoms with van der Waals surface area (Å²) in [5.41, 5.74) is -0.314. The van der Waals surface area contributed by atoms with Crippen molar-refractivity contribution in [3.63, 3.8) is 0 Å². The second kappa shape index (κ2) is 5.13. The maximum atomic E-state index is 12.3. The highest BCUT2D eigenvalue weighted by Crippen LogP contribution is 2.46. The summed E-state index contributed by atoms with van der Waals surface area (Å²) in [7, 11) is 0. The Hall–Kier alpha value is -1.81. The highest BCUT2D eigenvalue weighted by atomic mass is 35.5. The number of carbonyl (C=O) groups excluding carboxylic acids is 1. The van der Waals surface area contributed by atoms with Crippen molar-refractivity contribution < 1.29 is 13.9 Å². The molecule has 2 aliphatic rings. The van der Waals surface area contributed by atoms with Gasteiger partial charge >= 0.3 is 11.6 Å². The van der Waals surface area contributed by atoms with Crippen molar-refractivity contribution >= 4 is 28.5 Å². The largest absolute Gasteiger partial charge is 0.458 e. The average molecular weight is 319 g/mol. The predicted molar refractivity (Wildman–Crippen MR) is 82.1 cm³/mol. The monoisotopic (exact) mass is 318 g/mol. The summed E-state index contributed by atoms with van der Waals surface area (Å²) in [6.45, 7) is 0. The third kappa shape index (κ3) is 2.31. The van der Waals surface area contributed by atoms with E-state index in [9.17, 15) is 9.59 Å². The lowest BCUT2D eigenvalue weighted by Crippen LogP contribution is -2.26. The zero-order valence-corrected chi connectivity index (χ0v) is 12.6. The lowest BCUT2D eigenvalue weighted by atomic mass is 9.98. The number of benzene rings is 1. The summed E-state index contributed by atoms with van der Waals surface area (Å²) in [6.07, 6.45) is 4.35. The maximum Gasteiger partial charge on any atom is 0.351 e. The Labute approximate surface area is 132 Å². The number of hydrogen-bond donors (Lipinski definition) is 0. The van der Waals surface area contributed by atoms with Crippen molar-refractivity contribution in [3.8, 4) is 0 Å². The first kappa shape index (κ1) is 13.8. The minimum absolute atomic E-state index is 0.0549. The molecule has 0 radical (unpaired) electrons. The van der Waals surface area contributed by atoms with Gasteiger partial charge in [0, 0.05) is 10.4 Å². The molecule has 1 aromatic carbocycles. The van der Waals surface area contributed by atoms with Crippen LogP contribution in [0.4, 0.5) is 0 Å². The molecular weight excluding hydrogens is 304 g/mol. The van der Waals surface area contributed by atoms with E-state index in [2.05, 4.69) is 0 Å². The van der Waals surface area contributed by atoms with Crippen LogP contribution >= 0.6 is 11.6 Å². The smallest absolute Gasteiger partial charge is 0.351 e. The lowest BCUT2D eigenvalue weighted by molar-refractivity contribution is 0.0154. The molecule has 114 valence electrons. The molecule has 0 N–H and O–H groups in total. The zero-order chi connectivity index (χ0) is 15.3. The third-order valence-corrected chi connectivity index (χ3v) is 5.08. The van der Waals surface area contributed by atoms with Gasteiger partial charge in [-0.05, 0) is 61.8 Å². The minimum Gasteiger partial charge on any atom is -0.458 e. The minimum atomic E-state index is -0.664. The summed E-state index contributed by atoms with van der Waals surface area (Å²) < 4.78 is 10.7. The molecule has 0 saturated heterocycles. The molecule has 0 aliphatic heterocycles. The van der Waals surface area contributed by atoms with Gasteiger partial charge in [-0.15, -0.1) is 0 Å². The standard InChI is InChI=1S/C17H15ClO4/c18-12-3-4-14-11(7-12)8-13(16(19)21-14)17(20)22-15-6-9-1-2-10(15)5-9/h3-4,7-10,15H,1-2,5-6H2/t9-,10+,15+/m0/s1. The second-order valence-electron chi connectivity index (χ2n) is 6.25. The van der Waals surface area contributed by atoms with Crippen LogP contribution in [0.25, 0.3) is 11.0 Å². The molecule has 22 heavy (non-hydrogen) atoms. The highest BCUT2D eigenvalue weighted by molar-refractivity contribution is 6.31. The van der Waals surface area contributed by atoms with E-state index in [0.29, 0.717) is 27.8 Å². The van der Waals surface area contributed by atoms with E-state index in [1.165, 1.54) is 12.5 Å². The third-order valence-electron chi connectivity index (χ3n) is 4.85. The van der Waals surface area contributed by atoms with Gasteiger partial charge in [0.1, 0.15) is 17.3 Å².